The lowest BCUT2D eigenvalue weighted by atomic mass is 10.1. The van der Waals surface area contributed by atoms with Crippen molar-refractivity contribution in [2.75, 3.05) is 13.2 Å². The molecule has 0 saturated carbocycles. The lowest BCUT2D eigenvalue weighted by Crippen LogP contribution is -2.30. The molecule has 0 saturated heterocycles. The van der Waals surface area contributed by atoms with E-state index in [2.05, 4.69) is 93.7 Å². The fourth-order valence-corrected chi connectivity index (χ4v) is 8.19. The zero-order chi connectivity index (χ0) is 50.0. The minimum Gasteiger partial charge on any atom is -0.462 e. The van der Waals surface area contributed by atoms with E-state index in [4.69, 9.17) is 14.2 Å². The Bertz CT molecular complexity index is 1290. The Kier molecular flexibility index (Phi) is 54.8. The van der Waals surface area contributed by atoms with Crippen molar-refractivity contribution in [2.24, 2.45) is 0 Å². The van der Waals surface area contributed by atoms with E-state index in [0.29, 0.717) is 19.3 Å². The first-order valence-corrected chi connectivity index (χ1v) is 29.4. The van der Waals surface area contributed by atoms with Crippen LogP contribution in [0.4, 0.5) is 0 Å². The van der Waals surface area contributed by atoms with Crippen LogP contribution in [0.2, 0.25) is 0 Å². The zero-order valence-electron chi connectivity index (χ0n) is 45.6. The standard InChI is InChI=1S/C63H110O6/c1-4-7-10-13-16-19-22-25-28-31-34-37-40-43-46-49-52-55-61(64)67-58-60(69-63(66)57-54-51-48-45-42-39-36-33-30-27-24-21-18-15-12-9-6-3)59-68-62(65)56-53-50-47-44-41-38-35-32-29-26-23-20-17-14-11-8-5-2/h16,19,25-30,34,37,43,46,60H,4-15,17-18,20-24,31-33,35-36,38-42,44-45,47-59H2,1-3H3/b19-16-,28-25-,29-26-,30-27-,37-34-,46-43-/t60-/m0/s1. The lowest BCUT2D eigenvalue weighted by Gasteiger charge is -2.18. The van der Waals surface area contributed by atoms with E-state index in [9.17, 15) is 14.4 Å². The van der Waals surface area contributed by atoms with Gasteiger partial charge in [-0.3, -0.25) is 14.4 Å². The molecule has 0 aliphatic carbocycles. The molecule has 0 aliphatic heterocycles. The maximum Gasteiger partial charge on any atom is 0.306 e. The summed E-state index contributed by atoms with van der Waals surface area (Å²) in [6.45, 7) is 6.57. The van der Waals surface area contributed by atoms with Gasteiger partial charge < -0.3 is 14.2 Å². The van der Waals surface area contributed by atoms with Crippen molar-refractivity contribution in [3.63, 3.8) is 0 Å². The van der Waals surface area contributed by atoms with Gasteiger partial charge in [0, 0.05) is 19.3 Å². The number of hydrogen-bond donors (Lipinski definition) is 0. The molecule has 398 valence electrons. The van der Waals surface area contributed by atoms with E-state index in [1.54, 1.807) is 0 Å². The Morgan fingerprint density at radius 3 is 0.913 bits per heavy atom. The maximum atomic E-state index is 12.9. The summed E-state index contributed by atoms with van der Waals surface area (Å²) in [5.74, 6) is -0.953. The van der Waals surface area contributed by atoms with E-state index in [-0.39, 0.29) is 37.5 Å². The molecule has 0 aromatic rings. The molecule has 6 heteroatoms. The molecule has 0 unspecified atom stereocenters. The molecule has 0 N–H and O–H groups in total. The predicted molar refractivity (Wildman–Crippen MR) is 298 cm³/mol. The second-order valence-corrected chi connectivity index (χ2v) is 19.5. The highest BCUT2D eigenvalue weighted by Gasteiger charge is 2.19. The molecule has 0 rings (SSSR count). The van der Waals surface area contributed by atoms with Crippen LogP contribution in [0.15, 0.2) is 72.9 Å². The Labute approximate surface area is 427 Å². The number of ether oxygens (including phenoxy) is 3. The van der Waals surface area contributed by atoms with Gasteiger partial charge in [-0.2, -0.15) is 0 Å². The second-order valence-electron chi connectivity index (χ2n) is 19.5. The largest absolute Gasteiger partial charge is 0.462 e. The molecule has 0 bridgehead atoms. The molecular weight excluding hydrogens is 853 g/mol. The predicted octanol–water partition coefficient (Wildman–Crippen LogP) is 19.8. The highest BCUT2D eigenvalue weighted by atomic mass is 16.6. The molecule has 0 amide bonds. The minimum atomic E-state index is -0.802. The fourth-order valence-electron chi connectivity index (χ4n) is 8.19. The van der Waals surface area contributed by atoms with E-state index < -0.39 is 6.10 Å². The zero-order valence-corrected chi connectivity index (χ0v) is 45.6. The second kappa shape index (κ2) is 57.4. The summed E-state index contributed by atoms with van der Waals surface area (Å²) >= 11 is 0. The molecule has 0 aromatic heterocycles. The highest BCUT2D eigenvalue weighted by Crippen LogP contribution is 2.15. The van der Waals surface area contributed by atoms with Crippen LogP contribution in [0.5, 0.6) is 0 Å². The smallest absolute Gasteiger partial charge is 0.306 e. The van der Waals surface area contributed by atoms with Gasteiger partial charge in [-0.15, -0.1) is 0 Å². The third-order valence-corrected chi connectivity index (χ3v) is 12.7. The van der Waals surface area contributed by atoms with Crippen LogP contribution in [0, 0.1) is 0 Å². The van der Waals surface area contributed by atoms with Crippen molar-refractivity contribution in [2.45, 2.75) is 297 Å². The van der Waals surface area contributed by atoms with Gasteiger partial charge >= 0.3 is 17.9 Å². The lowest BCUT2D eigenvalue weighted by molar-refractivity contribution is -0.167. The SMILES string of the molecule is CCCCC/C=C\C/C=C\C/C=C\C/C=C\CCCC(=O)OC[C@@H](COC(=O)CCCCCCCCC/C=C\CCCCCCCC)OC(=O)CCCCCCCCC/C=C\CCCCCCCC. The van der Waals surface area contributed by atoms with Crippen molar-refractivity contribution in [3.8, 4) is 0 Å². The summed E-state index contributed by atoms with van der Waals surface area (Å²) in [7, 11) is 0. The molecule has 0 spiro atoms. The Morgan fingerprint density at radius 2 is 0.536 bits per heavy atom. The first-order valence-electron chi connectivity index (χ1n) is 29.4. The van der Waals surface area contributed by atoms with Crippen LogP contribution in [0.25, 0.3) is 0 Å². The molecule has 0 radical (unpaired) electrons. The monoisotopic (exact) mass is 963 g/mol. The van der Waals surface area contributed by atoms with E-state index in [1.165, 1.54) is 180 Å². The summed E-state index contributed by atoms with van der Waals surface area (Å²) in [6.07, 6.45) is 73.2. The van der Waals surface area contributed by atoms with Crippen molar-refractivity contribution in [1.82, 2.24) is 0 Å². The molecule has 0 fully saturated rings. The van der Waals surface area contributed by atoms with Crippen LogP contribution in [0.1, 0.15) is 290 Å². The Morgan fingerprint density at radius 1 is 0.290 bits per heavy atom. The van der Waals surface area contributed by atoms with Gasteiger partial charge in [-0.25, -0.2) is 0 Å². The summed E-state index contributed by atoms with van der Waals surface area (Å²) < 4.78 is 16.8. The van der Waals surface area contributed by atoms with Crippen molar-refractivity contribution < 1.29 is 28.6 Å². The van der Waals surface area contributed by atoms with Gasteiger partial charge in [0.05, 0.1) is 0 Å². The quantitative estimate of drug-likeness (QED) is 0.0262. The third-order valence-electron chi connectivity index (χ3n) is 12.7. The Balaban J connectivity index is 4.46. The van der Waals surface area contributed by atoms with Crippen LogP contribution in [0.3, 0.4) is 0 Å². The molecule has 6 nitrogen and oxygen atoms in total. The van der Waals surface area contributed by atoms with E-state index in [1.807, 2.05) is 0 Å². The van der Waals surface area contributed by atoms with Crippen LogP contribution in [-0.2, 0) is 28.6 Å². The van der Waals surface area contributed by atoms with Crippen LogP contribution in [-0.4, -0.2) is 37.2 Å². The van der Waals surface area contributed by atoms with Crippen molar-refractivity contribution in [1.29, 1.82) is 0 Å². The molecule has 0 heterocycles. The topological polar surface area (TPSA) is 78.9 Å². The molecule has 0 aromatic carbocycles. The first kappa shape index (κ1) is 65.8. The van der Waals surface area contributed by atoms with Gasteiger partial charge in [0.2, 0.25) is 0 Å². The number of carbonyl (C=O) groups excluding carboxylic acids is 3. The van der Waals surface area contributed by atoms with Gasteiger partial charge in [-0.05, 0) is 109 Å². The molecule has 69 heavy (non-hydrogen) atoms. The van der Waals surface area contributed by atoms with Crippen LogP contribution < -0.4 is 0 Å². The number of hydrogen-bond acceptors (Lipinski definition) is 6. The average molecular weight is 964 g/mol. The van der Waals surface area contributed by atoms with Crippen LogP contribution >= 0.6 is 0 Å². The van der Waals surface area contributed by atoms with Gasteiger partial charge in [-0.1, -0.05) is 235 Å². The number of carbonyl (C=O) groups is 3. The van der Waals surface area contributed by atoms with Crippen molar-refractivity contribution in [3.05, 3.63) is 72.9 Å². The van der Waals surface area contributed by atoms with E-state index in [0.717, 1.165) is 64.2 Å². The number of unbranched alkanes of at least 4 members (excludes halogenated alkanes) is 30. The first-order chi connectivity index (χ1) is 34.0. The van der Waals surface area contributed by atoms with Gasteiger partial charge in [0.1, 0.15) is 13.2 Å². The number of allylic oxidation sites excluding steroid dienone is 12. The normalized spacial score (nSPS) is 12.6. The van der Waals surface area contributed by atoms with Gasteiger partial charge in [0.25, 0.3) is 0 Å². The molecular formula is C63H110O6. The molecule has 0 aliphatic rings. The molecule has 1 atom stereocenters. The maximum absolute atomic E-state index is 12.9. The van der Waals surface area contributed by atoms with E-state index >= 15 is 0 Å². The highest BCUT2D eigenvalue weighted by molar-refractivity contribution is 5.71. The summed E-state index contributed by atoms with van der Waals surface area (Å²) in [4.78, 5) is 38.2. The summed E-state index contributed by atoms with van der Waals surface area (Å²) in [5, 5.41) is 0. The fraction of sp³-hybridized carbons (Fsp3) is 0.762. The minimum absolute atomic E-state index is 0.0955. The Hall–Kier alpha value is -3.15. The number of rotatable bonds is 53. The number of esters is 3. The van der Waals surface area contributed by atoms with Gasteiger partial charge in [0.15, 0.2) is 6.10 Å². The summed E-state index contributed by atoms with van der Waals surface area (Å²) in [6, 6.07) is 0. The summed E-state index contributed by atoms with van der Waals surface area (Å²) in [5.41, 5.74) is 0. The van der Waals surface area contributed by atoms with Crippen molar-refractivity contribution >= 4 is 17.9 Å². The third kappa shape index (κ3) is 55.6. The average Bonchev–Trinajstić information content (AvgIpc) is 3.35.